The number of ether oxygens (including phenoxy) is 1. The highest BCUT2D eigenvalue weighted by molar-refractivity contribution is 7.91. The summed E-state index contributed by atoms with van der Waals surface area (Å²) in [4.78, 5) is 12.9. The monoisotopic (exact) mass is 385 g/mol. The van der Waals surface area contributed by atoms with Crippen LogP contribution in [0.1, 0.15) is 43.4 Å². The smallest absolute Gasteiger partial charge is 0.234 e. The molecule has 27 heavy (non-hydrogen) atoms. The standard InChI is InChI=1S/C22H27NO3S/c1-15-7-9-18(13-16(15)2)27(25)12-6-5-11-26-17-8-10-20-19(14-17)22(3,4)21(24)23-20/h7-10,13-14H,5-6,11-12H2,1-4H3,(H,23,24). The van der Waals surface area contributed by atoms with E-state index in [-0.39, 0.29) is 5.91 Å². The molecule has 0 saturated carbocycles. The number of rotatable bonds is 7. The Hall–Kier alpha value is -1.98. The van der Waals surface area contributed by atoms with E-state index in [4.69, 9.17) is 4.74 Å². The second-order valence-corrected chi connectivity index (χ2v) is 9.21. The SMILES string of the molecule is Cc1ccc([S+]([O-])CCCCOc2ccc3c(c2)C(C)(C)C(=O)N3)cc1C. The quantitative estimate of drug-likeness (QED) is 0.564. The van der Waals surface area contributed by atoms with E-state index in [2.05, 4.69) is 12.2 Å². The Morgan fingerprint density at radius 3 is 2.59 bits per heavy atom. The van der Waals surface area contributed by atoms with Gasteiger partial charge in [-0.05, 0) is 98.7 Å². The van der Waals surface area contributed by atoms with Crippen LogP contribution in [-0.2, 0) is 21.4 Å². The molecule has 1 atom stereocenters. The number of aryl methyl sites for hydroxylation is 2. The lowest BCUT2D eigenvalue weighted by Crippen LogP contribution is -2.26. The van der Waals surface area contributed by atoms with E-state index in [1.807, 2.05) is 57.2 Å². The predicted molar refractivity (Wildman–Crippen MR) is 110 cm³/mol. The topological polar surface area (TPSA) is 61.4 Å². The van der Waals surface area contributed by atoms with Gasteiger partial charge < -0.3 is 14.6 Å². The van der Waals surface area contributed by atoms with Crippen molar-refractivity contribution in [1.82, 2.24) is 0 Å². The summed E-state index contributed by atoms with van der Waals surface area (Å²) >= 11 is -0.966. The van der Waals surface area contributed by atoms with Crippen LogP contribution >= 0.6 is 0 Å². The summed E-state index contributed by atoms with van der Waals surface area (Å²) in [6.07, 6.45) is 1.68. The molecule has 0 fully saturated rings. The number of nitrogens with one attached hydrogen (secondary N) is 1. The largest absolute Gasteiger partial charge is 0.611 e. The van der Waals surface area contributed by atoms with E-state index >= 15 is 0 Å². The highest BCUT2D eigenvalue weighted by Gasteiger charge is 2.38. The van der Waals surface area contributed by atoms with Gasteiger partial charge in [-0.2, -0.15) is 0 Å². The average molecular weight is 386 g/mol. The molecule has 5 heteroatoms. The summed E-state index contributed by atoms with van der Waals surface area (Å²) in [5, 5.41) is 2.90. The minimum absolute atomic E-state index is 0.0171. The molecule has 1 unspecified atom stereocenters. The number of hydrogen-bond donors (Lipinski definition) is 1. The summed E-state index contributed by atoms with van der Waals surface area (Å²) in [7, 11) is 0. The Morgan fingerprint density at radius 2 is 1.85 bits per heavy atom. The molecule has 0 spiro atoms. The molecule has 1 aliphatic rings. The van der Waals surface area contributed by atoms with Gasteiger partial charge in [-0.3, -0.25) is 4.79 Å². The summed E-state index contributed by atoms with van der Waals surface area (Å²) in [5.74, 6) is 1.43. The normalized spacial score (nSPS) is 16.0. The van der Waals surface area contributed by atoms with Gasteiger partial charge in [0.1, 0.15) is 11.5 Å². The molecule has 4 nitrogen and oxygen atoms in total. The van der Waals surface area contributed by atoms with Crippen molar-refractivity contribution in [3.63, 3.8) is 0 Å². The van der Waals surface area contributed by atoms with E-state index in [0.29, 0.717) is 12.4 Å². The lowest BCUT2D eigenvalue weighted by molar-refractivity contribution is -0.119. The first-order valence-electron chi connectivity index (χ1n) is 9.33. The van der Waals surface area contributed by atoms with E-state index in [1.54, 1.807) is 0 Å². The number of carbonyl (C=O) groups excluding carboxylic acids is 1. The van der Waals surface area contributed by atoms with E-state index < -0.39 is 16.6 Å². The highest BCUT2D eigenvalue weighted by atomic mass is 32.2. The van der Waals surface area contributed by atoms with Crippen LogP contribution in [0.5, 0.6) is 5.75 Å². The van der Waals surface area contributed by atoms with Crippen molar-refractivity contribution < 1.29 is 14.1 Å². The molecule has 1 N–H and O–H groups in total. The number of benzene rings is 2. The molecule has 3 rings (SSSR count). The predicted octanol–water partition coefficient (Wildman–Crippen LogP) is 4.50. The van der Waals surface area contributed by atoms with Crippen LogP contribution in [0.25, 0.3) is 0 Å². The van der Waals surface area contributed by atoms with Crippen LogP contribution in [0.15, 0.2) is 41.3 Å². The third-order valence-corrected chi connectivity index (χ3v) is 6.65. The van der Waals surface area contributed by atoms with Crippen LogP contribution in [0.2, 0.25) is 0 Å². The maximum absolute atomic E-state index is 12.4. The fourth-order valence-corrected chi connectivity index (χ4v) is 4.37. The Balaban J connectivity index is 1.46. The first-order chi connectivity index (χ1) is 12.8. The number of anilines is 1. The molecule has 144 valence electrons. The van der Waals surface area contributed by atoms with Gasteiger partial charge >= 0.3 is 0 Å². The molecule has 1 heterocycles. The Labute approximate surface area is 164 Å². The van der Waals surface area contributed by atoms with E-state index in [0.717, 1.165) is 34.7 Å². The maximum atomic E-state index is 12.4. The third kappa shape index (κ3) is 4.30. The van der Waals surface area contributed by atoms with Crippen molar-refractivity contribution in [2.45, 2.75) is 50.8 Å². The molecule has 2 aromatic carbocycles. The molecule has 1 aliphatic heterocycles. The van der Waals surface area contributed by atoms with Crippen LogP contribution < -0.4 is 10.1 Å². The summed E-state index contributed by atoms with van der Waals surface area (Å²) in [6.45, 7) is 8.51. The number of fused-ring (bicyclic) bond motifs is 1. The van der Waals surface area contributed by atoms with Gasteiger partial charge in [0.2, 0.25) is 5.91 Å². The van der Waals surface area contributed by atoms with Gasteiger partial charge in [0, 0.05) is 5.69 Å². The Bertz CT molecular complexity index is 847. The molecular formula is C22H27NO3S. The highest BCUT2D eigenvalue weighted by Crippen LogP contribution is 2.39. The molecule has 0 aromatic heterocycles. The molecular weight excluding hydrogens is 358 g/mol. The molecule has 0 saturated heterocycles. The van der Waals surface area contributed by atoms with Gasteiger partial charge in [-0.1, -0.05) is 6.07 Å². The van der Waals surface area contributed by atoms with Gasteiger partial charge in [0.15, 0.2) is 4.90 Å². The van der Waals surface area contributed by atoms with Gasteiger partial charge in [-0.15, -0.1) is 0 Å². The van der Waals surface area contributed by atoms with Crippen molar-refractivity contribution in [1.29, 1.82) is 0 Å². The van der Waals surface area contributed by atoms with Crippen molar-refractivity contribution in [3.8, 4) is 5.75 Å². The third-order valence-electron chi connectivity index (χ3n) is 5.21. The van der Waals surface area contributed by atoms with Gasteiger partial charge in [0.05, 0.1) is 12.0 Å². The van der Waals surface area contributed by atoms with Crippen molar-refractivity contribution in [3.05, 3.63) is 53.1 Å². The van der Waals surface area contributed by atoms with E-state index in [9.17, 15) is 9.35 Å². The first kappa shape index (κ1) is 19.8. The molecule has 2 aromatic rings. The van der Waals surface area contributed by atoms with Gasteiger partial charge in [-0.25, -0.2) is 0 Å². The molecule has 0 bridgehead atoms. The zero-order valence-electron chi connectivity index (χ0n) is 16.4. The number of unbranched alkanes of at least 4 members (excludes halogenated alkanes) is 1. The molecule has 0 aliphatic carbocycles. The van der Waals surface area contributed by atoms with Crippen molar-refractivity contribution in [2.75, 3.05) is 17.7 Å². The fraction of sp³-hybridized carbons (Fsp3) is 0.409. The second kappa shape index (κ2) is 7.95. The van der Waals surface area contributed by atoms with Crippen LogP contribution in [0.3, 0.4) is 0 Å². The summed E-state index contributed by atoms with van der Waals surface area (Å²) in [6, 6.07) is 11.7. The minimum atomic E-state index is -0.966. The van der Waals surface area contributed by atoms with Crippen molar-refractivity contribution in [2.24, 2.45) is 0 Å². The number of carbonyl (C=O) groups is 1. The molecule has 1 amide bonds. The minimum Gasteiger partial charge on any atom is -0.611 e. The first-order valence-corrected chi connectivity index (χ1v) is 10.7. The van der Waals surface area contributed by atoms with Crippen LogP contribution in [0, 0.1) is 13.8 Å². The lowest BCUT2D eigenvalue weighted by atomic mass is 9.86. The van der Waals surface area contributed by atoms with Crippen LogP contribution in [0.4, 0.5) is 5.69 Å². The summed E-state index contributed by atoms with van der Waals surface area (Å²) < 4.78 is 18.2. The Kier molecular flexibility index (Phi) is 5.82. The van der Waals surface area contributed by atoms with Crippen molar-refractivity contribution >= 4 is 22.8 Å². The lowest BCUT2D eigenvalue weighted by Gasteiger charge is -2.16. The van der Waals surface area contributed by atoms with Gasteiger partial charge in [0.25, 0.3) is 0 Å². The number of hydrogen-bond acceptors (Lipinski definition) is 3. The maximum Gasteiger partial charge on any atom is 0.234 e. The zero-order valence-corrected chi connectivity index (χ0v) is 17.2. The zero-order chi connectivity index (χ0) is 19.6. The average Bonchev–Trinajstić information content (AvgIpc) is 2.86. The summed E-state index contributed by atoms with van der Waals surface area (Å²) in [5.41, 5.74) is 3.70. The molecule has 0 radical (unpaired) electrons. The Morgan fingerprint density at radius 1 is 1.07 bits per heavy atom. The van der Waals surface area contributed by atoms with E-state index in [1.165, 1.54) is 11.1 Å². The fourth-order valence-electron chi connectivity index (χ4n) is 3.14. The van der Waals surface area contributed by atoms with Crippen LogP contribution in [-0.4, -0.2) is 22.8 Å². The second-order valence-electron chi connectivity index (χ2n) is 7.64. The number of amides is 1.